The van der Waals surface area contributed by atoms with Crippen LogP contribution in [0, 0.1) is 13.8 Å². The molecule has 4 aromatic rings. The molecule has 2 aromatic carbocycles. The summed E-state index contributed by atoms with van der Waals surface area (Å²) in [5.41, 5.74) is 6.34. The Morgan fingerprint density at radius 3 is 2.67 bits per heavy atom. The number of aromatic nitrogens is 3. The summed E-state index contributed by atoms with van der Waals surface area (Å²) in [4.78, 5) is 25.5. The Morgan fingerprint density at radius 1 is 1.00 bits per heavy atom. The van der Waals surface area contributed by atoms with Crippen molar-refractivity contribution >= 4 is 44.9 Å². The maximum Gasteiger partial charge on any atom is 0.251 e. The zero-order chi connectivity index (χ0) is 20.9. The van der Waals surface area contributed by atoms with Crippen molar-refractivity contribution in [2.45, 2.75) is 13.8 Å². The fourth-order valence-corrected chi connectivity index (χ4v) is 3.66. The lowest BCUT2D eigenvalue weighted by atomic mass is 10.2. The molecule has 7 nitrogen and oxygen atoms in total. The molecule has 0 bridgehead atoms. The fourth-order valence-electron chi connectivity index (χ4n) is 2.95. The van der Waals surface area contributed by atoms with Crippen molar-refractivity contribution in [2.24, 2.45) is 0 Å². The Bertz CT molecular complexity index is 1170. The number of fused-ring (bicyclic) bond motifs is 1. The van der Waals surface area contributed by atoms with Crippen LogP contribution in [0.25, 0.3) is 10.2 Å². The van der Waals surface area contributed by atoms with Crippen LogP contribution in [0.3, 0.4) is 0 Å². The summed E-state index contributed by atoms with van der Waals surface area (Å²) in [6.45, 7) is 4.95. The molecule has 0 aliphatic rings. The summed E-state index contributed by atoms with van der Waals surface area (Å²) < 4.78 is 1.00. The number of aryl methyl sites for hydroxylation is 2. The summed E-state index contributed by atoms with van der Waals surface area (Å²) in [7, 11) is 0. The first-order valence-corrected chi connectivity index (χ1v) is 10.5. The number of amides is 1. The van der Waals surface area contributed by atoms with Crippen molar-refractivity contribution in [1.82, 2.24) is 20.3 Å². The van der Waals surface area contributed by atoms with Gasteiger partial charge in [-0.15, -0.1) is 11.3 Å². The Kier molecular flexibility index (Phi) is 5.85. The predicted octanol–water partition coefficient (Wildman–Crippen LogP) is 4.29. The van der Waals surface area contributed by atoms with E-state index in [1.54, 1.807) is 11.6 Å². The van der Waals surface area contributed by atoms with Crippen LogP contribution in [0.5, 0.6) is 0 Å². The molecule has 0 atom stereocenters. The van der Waals surface area contributed by atoms with E-state index in [0.29, 0.717) is 24.6 Å². The Balaban J connectivity index is 1.31. The van der Waals surface area contributed by atoms with E-state index in [0.717, 1.165) is 27.4 Å². The predicted molar refractivity (Wildman–Crippen MR) is 122 cm³/mol. The van der Waals surface area contributed by atoms with Gasteiger partial charge in [0, 0.05) is 36.1 Å². The van der Waals surface area contributed by atoms with Gasteiger partial charge in [-0.05, 0) is 44.2 Å². The van der Waals surface area contributed by atoms with Crippen molar-refractivity contribution in [3.63, 3.8) is 0 Å². The van der Waals surface area contributed by atoms with E-state index >= 15 is 0 Å². The van der Waals surface area contributed by atoms with Crippen LogP contribution in [0.15, 0.2) is 54.0 Å². The van der Waals surface area contributed by atoms with E-state index in [4.69, 9.17) is 0 Å². The van der Waals surface area contributed by atoms with Gasteiger partial charge in [-0.3, -0.25) is 4.79 Å². The van der Waals surface area contributed by atoms with Gasteiger partial charge in [0.15, 0.2) is 0 Å². The van der Waals surface area contributed by atoms with Crippen LogP contribution >= 0.6 is 11.3 Å². The van der Waals surface area contributed by atoms with Gasteiger partial charge in [-0.2, -0.15) is 4.98 Å². The summed E-state index contributed by atoms with van der Waals surface area (Å²) in [5.74, 6) is 1.12. The maximum absolute atomic E-state index is 12.4. The van der Waals surface area contributed by atoms with Gasteiger partial charge in [0.1, 0.15) is 5.82 Å². The average molecular weight is 419 g/mol. The van der Waals surface area contributed by atoms with Gasteiger partial charge in [0.25, 0.3) is 5.91 Å². The first-order chi connectivity index (χ1) is 14.6. The minimum Gasteiger partial charge on any atom is -0.352 e. The number of anilines is 3. The molecule has 152 valence electrons. The second-order valence-electron chi connectivity index (χ2n) is 6.93. The quantitative estimate of drug-likeness (QED) is 0.388. The molecule has 2 aromatic heterocycles. The van der Waals surface area contributed by atoms with Crippen LogP contribution in [-0.2, 0) is 0 Å². The van der Waals surface area contributed by atoms with E-state index in [1.165, 1.54) is 16.9 Å². The average Bonchev–Trinajstić information content (AvgIpc) is 3.20. The number of hydrogen-bond donors (Lipinski definition) is 3. The SMILES string of the molecule is Cc1ccc(Nc2cc(C)nc(NCCNC(=O)c3ccc4ncsc4c3)n2)cc1. The smallest absolute Gasteiger partial charge is 0.251 e. The highest BCUT2D eigenvalue weighted by Crippen LogP contribution is 2.19. The first-order valence-electron chi connectivity index (χ1n) is 9.61. The van der Waals surface area contributed by atoms with E-state index in [-0.39, 0.29) is 5.91 Å². The molecule has 30 heavy (non-hydrogen) atoms. The molecule has 0 radical (unpaired) electrons. The summed E-state index contributed by atoms with van der Waals surface area (Å²) in [5, 5.41) is 9.37. The summed E-state index contributed by atoms with van der Waals surface area (Å²) in [6, 6.07) is 15.5. The molecule has 8 heteroatoms. The largest absolute Gasteiger partial charge is 0.352 e. The lowest BCUT2D eigenvalue weighted by Gasteiger charge is -2.11. The number of carbonyl (C=O) groups excluding carboxylic acids is 1. The van der Waals surface area contributed by atoms with Gasteiger partial charge in [-0.25, -0.2) is 9.97 Å². The number of nitrogens with zero attached hydrogens (tertiary/aromatic N) is 3. The zero-order valence-corrected chi connectivity index (χ0v) is 17.6. The minimum absolute atomic E-state index is 0.112. The number of rotatable bonds is 7. The molecule has 0 unspecified atom stereocenters. The Hall–Kier alpha value is -3.52. The normalized spacial score (nSPS) is 10.7. The van der Waals surface area contributed by atoms with E-state index in [9.17, 15) is 4.79 Å². The third kappa shape index (κ3) is 4.90. The molecule has 2 heterocycles. The second kappa shape index (κ2) is 8.87. The van der Waals surface area contributed by atoms with Crippen LogP contribution in [0.1, 0.15) is 21.6 Å². The molecule has 1 amide bonds. The Morgan fingerprint density at radius 2 is 1.83 bits per heavy atom. The van der Waals surface area contributed by atoms with Gasteiger partial charge in [0.05, 0.1) is 15.7 Å². The highest BCUT2D eigenvalue weighted by molar-refractivity contribution is 7.16. The monoisotopic (exact) mass is 418 g/mol. The molecule has 0 saturated heterocycles. The van der Waals surface area contributed by atoms with E-state index < -0.39 is 0 Å². The van der Waals surface area contributed by atoms with Crippen molar-refractivity contribution in [3.05, 3.63) is 70.9 Å². The summed E-state index contributed by atoms with van der Waals surface area (Å²) >= 11 is 1.52. The molecule has 0 fully saturated rings. The van der Waals surface area contributed by atoms with Crippen LogP contribution in [0.4, 0.5) is 17.5 Å². The molecular formula is C22H22N6OS. The maximum atomic E-state index is 12.4. The lowest BCUT2D eigenvalue weighted by Crippen LogP contribution is -2.29. The van der Waals surface area contributed by atoms with Crippen molar-refractivity contribution < 1.29 is 4.79 Å². The second-order valence-corrected chi connectivity index (χ2v) is 7.81. The highest BCUT2D eigenvalue weighted by atomic mass is 32.1. The number of carbonyl (C=O) groups is 1. The molecule has 3 N–H and O–H groups in total. The van der Waals surface area contributed by atoms with Gasteiger partial charge >= 0.3 is 0 Å². The van der Waals surface area contributed by atoms with Crippen molar-refractivity contribution in [2.75, 3.05) is 23.7 Å². The first kappa shape index (κ1) is 19.8. The third-order valence-corrected chi connectivity index (χ3v) is 5.26. The van der Waals surface area contributed by atoms with Crippen LogP contribution < -0.4 is 16.0 Å². The fraction of sp³-hybridized carbons (Fsp3) is 0.182. The van der Waals surface area contributed by atoms with Crippen LogP contribution in [-0.4, -0.2) is 33.9 Å². The molecule has 0 aliphatic heterocycles. The topological polar surface area (TPSA) is 91.8 Å². The third-order valence-electron chi connectivity index (χ3n) is 4.47. The number of hydrogen-bond acceptors (Lipinski definition) is 7. The van der Waals surface area contributed by atoms with E-state index in [1.807, 2.05) is 49.4 Å². The molecule has 0 saturated carbocycles. The van der Waals surface area contributed by atoms with Gasteiger partial charge in [0.2, 0.25) is 5.95 Å². The lowest BCUT2D eigenvalue weighted by molar-refractivity contribution is 0.0955. The molecule has 0 spiro atoms. The molecule has 4 rings (SSSR count). The number of benzene rings is 2. The highest BCUT2D eigenvalue weighted by Gasteiger charge is 2.07. The number of thiazole rings is 1. The number of nitrogens with one attached hydrogen (secondary N) is 3. The molecular weight excluding hydrogens is 396 g/mol. The van der Waals surface area contributed by atoms with E-state index in [2.05, 4.69) is 37.8 Å². The van der Waals surface area contributed by atoms with Crippen molar-refractivity contribution in [3.8, 4) is 0 Å². The van der Waals surface area contributed by atoms with Crippen molar-refractivity contribution in [1.29, 1.82) is 0 Å². The summed E-state index contributed by atoms with van der Waals surface area (Å²) in [6.07, 6.45) is 0. The minimum atomic E-state index is -0.112. The standard InChI is InChI=1S/C22H22N6OS/c1-14-3-6-17(7-4-14)27-20-11-15(2)26-22(28-20)24-10-9-23-21(29)16-5-8-18-19(12-16)30-13-25-18/h3-8,11-13H,9-10H2,1-2H3,(H,23,29)(H2,24,26,27,28). The van der Waals surface area contributed by atoms with Gasteiger partial charge in [-0.1, -0.05) is 17.7 Å². The molecule has 0 aliphatic carbocycles. The Labute approximate surface area is 178 Å². The zero-order valence-electron chi connectivity index (χ0n) is 16.8. The van der Waals surface area contributed by atoms with Crippen LogP contribution in [0.2, 0.25) is 0 Å². The van der Waals surface area contributed by atoms with Gasteiger partial charge < -0.3 is 16.0 Å².